The van der Waals surface area contributed by atoms with Crippen LogP contribution in [0.25, 0.3) is 0 Å². The first-order valence-electron chi connectivity index (χ1n) is 9.05. The van der Waals surface area contributed by atoms with E-state index in [-0.39, 0.29) is 24.1 Å². The summed E-state index contributed by atoms with van der Waals surface area (Å²) >= 11 is 0. The van der Waals surface area contributed by atoms with Gasteiger partial charge >= 0.3 is 0 Å². The summed E-state index contributed by atoms with van der Waals surface area (Å²) in [5.41, 5.74) is 2.21. The molecule has 1 fully saturated rings. The first kappa shape index (κ1) is 19.4. The van der Waals surface area contributed by atoms with Crippen LogP contribution in [0.15, 0.2) is 48.5 Å². The van der Waals surface area contributed by atoms with Gasteiger partial charge in [0.25, 0.3) is 0 Å². The molecule has 1 aliphatic heterocycles. The Morgan fingerprint density at radius 3 is 2.71 bits per heavy atom. The Hall–Kier alpha value is -3.35. The van der Waals surface area contributed by atoms with E-state index in [0.717, 1.165) is 11.3 Å². The summed E-state index contributed by atoms with van der Waals surface area (Å²) < 4.78 is 5.18. The lowest BCUT2D eigenvalue weighted by atomic mass is 10.1. The number of amides is 3. The molecule has 28 heavy (non-hydrogen) atoms. The van der Waals surface area contributed by atoms with Gasteiger partial charge in [0.1, 0.15) is 5.75 Å². The molecule has 146 valence electrons. The highest BCUT2D eigenvalue weighted by Crippen LogP contribution is 2.27. The number of carbonyl (C=O) groups is 3. The molecule has 0 aliphatic carbocycles. The minimum Gasteiger partial charge on any atom is -0.497 e. The quantitative estimate of drug-likeness (QED) is 0.804. The van der Waals surface area contributed by atoms with E-state index in [0.29, 0.717) is 24.5 Å². The molecule has 2 aromatic rings. The maximum absolute atomic E-state index is 12.5. The molecule has 3 amide bonds. The van der Waals surface area contributed by atoms with E-state index >= 15 is 0 Å². The standard InChI is InChI=1S/C21H23N3O4/c1-14(25)23-17-6-4-7-18(11-17)24-13-16(10-20(24)26)21(27)22-12-15-5-3-8-19(9-15)28-2/h3-9,11,16H,10,12-13H2,1-2H3,(H,22,27)(H,23,25)/t16-/m1/s1. The van der Waals surface area contributed by atoms with Crippen LogP contribution in [0.5, 0.6) is 5.75 Å². The number of benzene rings is 2. The van der Waals surface area contributed by atoms with E-state index in [9.17, 15) is 14.4 Å². The molecule has 7 nitrogen and oxygen atoms in total. The Morgan fingerprint density at radius 1 is 1.18 bits per heavy atom. The molecule has 0 aromatic heterocycles. The van der Waals surface area contributed by atoms with E-state index < -0.39 is 5.92 Å². The minimum atomic E-state index is -0.414. The van der Waals surface area contributed by atoms with Gasteiger partial charge in [0.2, 0.25) is 17.7 Å². The lowest BCUT2D eigenvalue weighted by molar-refractivity contribution is -0.126. The molecule has 0 unspecified atom stereocenters. The van der Waals surface area contributed by atoms with Gasteiger partial charge in [0.15, 0.2) is 0 Å². The molecule has 3 rings (SSSR count). The van der Waals surface area contributed by atoms with Gasteiger partial charge in [0.05, 0.1) is 13.0 Å². The third-order valence-corrected chi connectivity index (χ3v) is 4.57. The van der Waals surface area contributed by atoms with Crippen LogP contribution in [0.2, 0.25) is 0 Å². The van der Waals surface area contributed by atoms with Crippen LogP contribution in [0.3, 0.4) is 0 Å². The monoisotopic (exact) mass is 381 g/mol. The van der Waals surface area contributed by atoms with Gasteiger partial charge in [-0.2, -0.15) is 0 Å². The van der Waals surface area contributed by atoms with E-state index in [2.05, 4.69) is 10.6 Å². The number of methoxy groups -OCH3 is 1. The number of rotatable bonds is 6. The van der Waals surface area contributed by atoms with Gasteiger partial charge in [-0.25, -0.2) is 0 Å². The molecule has 1 saturated heterocycles. The lowest BCUT2D eigenvalue weighted by Gasteiger charge is -2.18. The third kappa shape index (κ3) is 4.68. The number of anilines is 2. The van der Waals surface area contributed by atoms with Crippen LogP contribution < -0.4 is 20.3 Å². The Kier molecular flexibility index (Phi) is 5.93. The van der Waals surface area contributed by atoms with Gasteiger partial charge in [-0.05, 0) is 35.9 Å². The Morgan fingerprint density at radius 2 is 1.96 bits per heavy atom. The molecule has 0 radical (unpaired) electrons. The first-order valence-corrected chi connectivity index (χ1v) is 9.05. The first-order chi connectivity index (χ1) is 13.5. The smallest absolute Gasteiger partial charge is 0.227 e. The zero-order valence-electron chi connectivity index (χ0n) is 15.9. The van der Waals surface area contributed by atoms with Crippen molar-refractivity contribution in [3.63, 3.8) is 0 Å². The largest absolute Gasteiger partial charge is 0.497 e. The summed E-state index contributed by atoms with van der Waals surface area (Å²) in [6.45, 7) is 2.11. The molecule has 0 spiro atoms. The molecular formula is C21H23N3O4. The number of hydrogen-bond donors (Lipinski definition) is 2. The number of ether oxygens (including phenoxy) is 1. The van der Waals surface area contributed by atoms with Crippen molar-refractivity contribution < 1.29 is 19.1 Å². The van der Waals surface area contributed by atoms with Gasteiger partial charge in [0, 0.05) is 37.8 Å². The molecule has 0 bridgehead atoms. The Labute approximate surface area is 163 Å². The SMILES string of the molecule is COc1cccc(CNC(=O)[C@@H]2CC(=O)N(c3cccc(NC(C)=O)c3)C2)c1. The molecule has 7 heteroatoms. The van der Waals surface area contributed by atoms with E-state index in [1.165, 1.54) is 6.92 Å². The zero-order chi connectivity index (χ0) is 20.1. The Bertz CT molecular complexity index is 897. The molecule has 1 heterocycles. The summed E-state index contributed by atoms with van der Waals surface area (Å²) in [5, 5.41) is 5.59. The summed E-state index contributed by atoms with van der Waals surface area (Å²) in [6, 6.07) is 14.5. The normalized spacial score (nSPS) is 16.0. The van der Waals surface area contributed by atoms with Crippen molar-refractivity contribution in [1.82, 2.24) is 5.32 Å². The zero-order valence-corrected chi connectivity index (χ0v) is 15.9. The van der Waals surface area contributed by atoms with Crippen LogP contribution in [0.4, 0.5) is 11.4 Å². The highest BCUT2D eigenvalue weighted by atomic mass is 16.5. The fourth-order valence-corrected chi connectivity index (χ4v) is 3.20. The van der Waals surface area contributed by atoms with Crippen LogP contribution in [-0.2, 0) is 20.9 Å². The summed E-state index contributed by atoms with van der Waals surface area (Å²) in [5.74, 6) is -0.131. The minimum absolute atomic E-state index is 0.110. The fraction of sp³-hybridized carbons (Fsp3) is 0.286. The lowest BCUT2D eigenvalue weighted by Crippen LogP contribution is -2.32. The van der Waals surface area contributed by atoms with Crippen molar-refractivity contribution in [2.24, 2.45) is 5.92 Å². The third-order valence-electron chi connectivity index (χ3n) is 4.57. The van der Waals surface area contributed by atoms with Gasteiger partial charge in [-0.1, -0.05) is 18.2 Å². The van der Waals surface area contributed by atoms with Crippen molar-refractivity contribution >= 4 is 29.1 Å². The summed E-state index contributed by atoms with van der Waals surface area (Å²) in [7, 11) is 1.59. The maximum Gasteiger partial charge on any atom is 0.227 e. The van der Waals surface area contributed by atoms with Crippen molar-refractivity contribution in [3.8, 4) is 5.75 Å². The molecule has 2 N–H and O–H groups in total. The van der Waals surface area contributed by atoms with E-state index in [1.54, 1.807) is 36.3 Å². The van der Waals surface area contributed by atoms with Crippen molar-refractivity contribution in [2.75, 3.05) is 23.9 Å². The number of nitrogens with one attached hydrogen (secondary N) is 2. The summed E-state index contributed by atoms with van der Waals surface area (Å²) in [4.78, 5) is 37.8. The predicted molar refractivity (Wildman–Crippen MR) is 106 cm³/mol. The van der Waals surface area contributed by atoms with Crippen LogP contribution in [0, 0.1) is 5.92 Å². The topological polar surface area (TPSA) is 87.7 Å². The van der Waals surface area contributed by atoms with Crippen molar-refractivity contribution in [3.05, 3.63) is 54.1 Å². The van der Waals surface area contributed by atoms with E-state index in [1.807, 2.05) is 24.3 Å². The van der Waals surface area contributed by atoms with Crippen molar-refractivity contribution in [1.29, 1.82) is 0 Å². The fourth-order valence-electron chi connectivity index (χ4n) is 3.20. The highest BCUT2D eigenvalue weighted by Gasteiger charge is 2.35. The average molecular weight is 381 g/mol. The molecule has 2 aromatic carbocycles. The van der Waals surface area contributed by atoms with Gasteiger partial charge in [-0.3, -0.25) is 14.4 Å². The molecule has 1 aliphatic rings. The second-order valence-electron chi connectivity index (χ2n) is 6.71. The van der Waals surface area contributed by atoms with Crippen LogP contribution >= 0.6 is 0 Å². The van der Waals surface area contributed by atoms with Crippen LogP contribution in [-0.4, -0.2) is 31.4 Å². The highest BCUT2D eigenvalue weighted by molar-refractivity contribution is 6.01. The van der Waals surface area contributed by atoms with Gasteiger partial charge in [-0.15, -0.1) is 0 Å². The van der Waals surface area contributed by atoms with Gasteiger partial charge < -0.3 is 20.3 Å². The molecule has 1 atom stereocenters. The molecular weight excluding hydrogens is 358 g/mol. The predicted octanol–water partition coefficient (Wildman–Crippen LogP) is 2.32. The Balaban J connectivity index is 1.62. The molecule has 0 saturated carbocycles. The van der Waals surface area contributed by atoms with E-state index in [4.69, 9.17) is 4.74 Å². The average Bonchev–Trinajstić information content (AvgIpc) is 3.08. The number of carbonyl (C=O) groups excluding carboxylic acids is 3. The second-order valence-corrected chi connectivity index (χ2v) is 6.71. The number of nitrogens with zero attached hydrogens (tertiary/aromatic N) is 1. The van der Waals surface area contributed by atoms with Crippen molar-refractivity contribution in [2.45, 2.75) is 19.9 Å². The maximum atomic E-state index is 12.5. The number of hydrogen-bond acceptors (Lipinski definition) is 4. The van der Waals surface area contributed by atoms with Crippen LogP contribution in [0.1, 0.15) is 18.9 Å². The summed E-state index contributed by atoms with van der Waals surface area (Å²) in [6.07, 6.45) is 0.161. The second kappa shape index (κ2) is 8.56.